The summed E-state index contributed by atoms with van der Waals surface area (Å²) in [6, 6.07) is 5.53. The molecule has 7 heteroatoms. The minimum atomic E-state index is -0.998. The average Bonchev–Trinajstić information content (AvgIpc) is 3.11. The lowest BCUT2D eigenvalue weighted by Crippen LogP contribution is -2.46. The quantitative estimate of drug-likeness (QED) is 0.861. The molecule has 0 unspecified atom stereocenters. The predicted octanol–water partition coefficient (Wildman–Crippen LogP) is 2.71. The van der Waals surface area contributed by atoms with E-state index in [-0.39, 0.29) is 22.8 Å². The standard InChI is InChI=1S/C18H21N3O4/c1-11-14(13(10-19)16(24-11)21-8-6-7-9-21)17(23)25-12(2)15(22)20-18(3,4)5/h6-9,12H,1-5H3,(H,20,22)/t12-/m0/s1. The molecular weight excluding hydrogens is 322 g/mol. The van der Waals surface area contributed by atoms with Crippen molar-refractivity contribution in [2.45, 2.75) is 46.3 Å². The third-order valence-corrected chi connectivity index (χ3v) is 3.37. The molecule has 0 saturated heterocycles. The lowest BCUT2D eigenvalue weighted by Gasteiger charge is -2.23. The highest BCUT2D eigenvalue weighted by Crippen LogP contribution is 2.26. The highest BCUT2D eigenvalue weighted by Gasteiger charge is 2.29. The molecule has 0 aliphatic carbocycles. The maximum absolute atomic E-state index is 12.5. The van der Waals surface area contributed by atoms with Gasteiger partial charge in [-0.25, -0.2) is 4.79 Å². The fraction of sp³-hybridized carbons (Fsp3) is 0.389. The predicted molar refractivity (Wildman–Crippen MR) is 90.3 cm³/mol. The molecule has 1 N–H and O–H groups in total. The second kappa shape index (κ2) is 6.85. The van der Waals surface area contributed by atoms with E-state index < -0.39 is 23.5 Å². The van der Waals surface area contributed by atoms with Crippen LogP contribution in [0, 0.1) is 18.3 Å². The number of hydrogen-bond acceptors (Lipinski definition) is 5. The van der Waals surface area contributed by atoms with E-state index in [1.54, 1.807) is 36.0 Å². The van der Waals surface area contributed by atoms with Gasteiger partial charge in [0.2, 0.25) is 5.88 Å². The van der Waals surface area contributed by atoms with Crippen LogP contribution in [0.2, 0.25) is 0 Å². The first-order valence-electron chi connectivity index (χ1n) is 7.84. The number of aryl methyl sites for hydroxylation is 1. The minimum Gasteiger partial charge on any atom is -0.449 e. The van der Waals surface area contributed by atoms with Crippen LogP contribution in [0.25, 0.3) is 5.88 Å². The molecule has 2 heterocycles. The van der Waals surface area contributed by atoms with Crippen molar-refractivity contribution in [1.29, 1.82) is 5.26 Å². The lowest BCUT2D eigenvalue weighted by atomic mass is 10.1. The van der Waals surface area contributed by atoms with Crippen molar-refractivity contribution in [2.24, 2.45) is 0 Å². The van der Waals surface area contributed by atoms with Crippen LogP contribution < -0.4 is 5.32 Å². The van der Waals surface area contributed by atoms with Crippen molar-refractivity contribution < 1.29 is 18.7 Å². The van der Waals surface area contributed by atoms with Crippen LogP contribution in [-0.4, -0.2) is 28.1 Å². The van der Waals surface area contributed by atoms with Crippen molar-refractivity contribution in [3.63, 3.8) is 0 Å². The van der Waals surface area contributed by atoms with E-state index in [0.29, 0.717) is 0 Å². The largest absolute Gasteiger partial charge is 0.449 e. The zero-order valence-corrected chi connectivity index (χ0v) is 14.9. The van der Waals surface area contributed by atoms with E-state index in [1.165, 1.54) is 6.92 Å². The Balaban J connectivity index is 2.26. The first-order valence-corrected chi connectivity index (χ1v) is 7.84. The summed E-state index contributed by atoms with van der Waals surface area (Å²) in [5.41, 5.74) is -0.341. The monoisotopic (exact) mass is 343 g/mol. The van der Waals surface area contributed by atoms with Crippen molar-refractivity contribution in [3.8, 4) is 12.0 Å². The van der Waals surface area contributed by atoms with Gasteiger partial charge in [-0.15, -0.1) is 0 Å². The highest BCUT2D eigenvalue weighted by atomic mass is 16.5. The summed E-state index contributed by atoms with van der Waals surface area (Å²) >= 11 is 0. The first-order chi connectivity index (χ1) is 11.6. The molecule has 2 rings (SSSR count). The Morgan fingerprint density at radius 2 is 1.92 bits per heavy atom. The lowest BCUT2D eigenvalue weighted by molar-refractivity contribution is -0.130. The summed E-state index contributed by atoms with van der Waals surface area (Å²) in [5, 5.41) is 12.2. The van der Waals surface area contributed by atoms with Gasteiger partial charge in [-0.3, -0.25) is 9.36 Å². The molecule has 7 nitrogen and oxygen atoms in total. The molecule has 0 aliphatic rings. The van der Waals surface area contributed by atoms with Crippen LogP contribution in [0.1, 0.15) is 49.4 Å². The van der Waals surface area contributed by atoms with Crippen molar-refractivity contribution in [1.82, 2.24) is 9.88 Å². The van der Waals surface area contributed by atoms with E-state index in [1.807, 2.05) is 26.8 Å². The normalized spacial score (nSPS) is 12.3. The van der Waals surface area contributed by atoms with Gasteiger partial charge < -0.3 is 14.5 Å². The Bertz CT molecular complexity index is 820. The number of rotatable bonds is 4. The van der Waals surface area contributed by atoms with Crippen LogP contribution in [-0.2, 0) is 9.53 Å². The fourth-order valence-corrected chi connectivity index (χ4v) is 2.28. The Hall–Kier alpha value is -3.01. The molecule has 0 aliphatic heterocycles. The van der Waals surface area contributed by atoms with E-state index in [4.69, 9.17) is 9.15 Å². The van der Waals surface area contributed by atoms with Crippen molar-refractivity contribution >= 4 is 11.9 Å². The molecule has 0 aromatic carbocycles. The molecule has 2 aromatic rings. The maximum atomic E-state index is 12.5. The number of carbonyl (C=O) groups excluding carboxylic acids is 2. The first kappa shape index (κ1) is 18.3. The summed E-state index contributed by atoms with van der Waals surface area (Å²) in [4.78, 5) is 24.6. The van der Waals surface area contributed by atoms with Gasteiger partial charge in [0.25, 0.3) is 5.91 Å². The number of esters is 1. The van der Waals surface area contributed by atoms with E-state index in [0.717, 1.165) is 0 Å². The maximum Gasteiger partial charge on any atom is 0.343 e. The molecule has 0 radical (unpaired) electrons. The van der Waals surface area contributed by atoms with Crippen LogP contribution in [0.4, 0.5) is 0 Å². The van der Waals surface area contributed by atoms with E-state index in [2.05, 4.69) is 5.32 Å². The minimum absolute atomic E-state index is 0.0293. The van der Waals surface area contributed by atoms with Gasteiger partial charge in [-0.1, -0.05) is 0 Å². The van der Waals surface area contributed by atoms with E-state index >= 15 is 0 Å². The smallest absolute Gasteiger partial charge is 0.343 e. The molecule has 0 spiro atoms. The van der Waals surface area contributed by atoms with Gasteiger partial charge in [0.05, 0.1) is 0 Å². The number of amides is 1. The van der Waals surface area contributed by atoms with Crippen molar-refractivity contribution in [2.75, 3.05) is 0 Å². The van der Waals surface area contributed by atoms with Crippen LogP contribution >= 0.6 is 0 Å². The molecule has 25 heavy (non-hydrogen) atoms. The van der Waals surface area contributed by atoms with Crippen LogP contribution in [0.15, 0.2) is 28.9 Å². The Morgan fingerprint density at radius 1 is 1.32 bits per heavy atom. The summed E-state index contributed by atoms with van der Waals surface area (Å²) in [6.45, 7) is 8.54. The van der Waals surface area contributed by atoms with Gasteiger partial charge in [0.1, 0.15) is 23.0 Å². The summed E-state index contributed by atoms with van der Waals surface area (Å²) in [6.07, 6.45) is 2.41. The Kier molecular flexibility index (Phi) is 5.02. The SMILES string of the molecule is Cc1oc(-n2cccc2)c(C#N)c1C(=O)O[C@@H](C)C(=O)NC(C)(C)C. The van der Waals surface area contributed by atoms with Crippen LogP contribution in [0.5, 0.6) is 0 Å². The molecular formula is C18H21N3O4. The average molecular weight is 343 g/mol. The Labute approximate surface area is 146 Å². The number of hydrogen-bond donors (Lipinski definition) is 1. The second-order valence-corrected chi connectivity index (χ2v) is 6.70. The number of furan rings is 1. The van der Waals surface area contributed by atoms with Gasteiger partial charge in [-0.2, -0.15) is 5.26 Å². The number of carbonyl (C=O) groups is 2. The summed E-state index contributed by atoms with van der Waals surface area (Å²) in [7, 11) is 0. The van der Waals surface area contributed by atoms with Gasteiger partial charge >= 0.3 is 5.97 Å². The number of nitrogens with zero attached hydrogens (tertiary/aromatic N) is 2. The third kappa shape index (κ3) is 4.10. The second-order valence-electron chi connectivity index (χ2n) is 6.70. The van der Waals surface area contributed by atoms with Gasteiger partial charge in [0.15, 0.2) is 6.10 Å². The molecule has 132 valence electrons. The van der Waals surface area contributed by atoms with Crippen molar-refractivity contribution in [3.05, 3.63) is 41.4 Å². The van der Waals surface area contributed by atoms with Crippen LogP contribution in [0.3, 0.4) is 0 Å². The van der Waals surface area contributed by atoms with E-state index in [9.17, 15) is 14.9 Å². The highest BCUT2D eigenvalue weighted by molar-refractivity contribution is 5.96. The zero-order valence-electron chi connectivity index (χ0n) is 14.9. The zero-order chi connectivity index (χ0) is 18.8. The molecule has 0 saturated carbocycles. The molecule has 1 atom stereocenters. The summed E-state index contributed by atoms with van der Waals surface area (Å²) < 4.78 is 12.4. The third-order valence-electron chi connectivity index (χ3n) is 3.37. The fourth-order valence-electron chi connectivity index (χ4n) is 2.28. The molecule has 0 fully saturated rings. The molecule has 2 aromatic heterocycles. The molecule has 0 bridgehead atoms. The number of nitrogens with one attached hydrogen (secondary N) is 1. The topological polar surface area (TPSA) is 97.3 Å². The number of nitriles is 1. The molecule has 1 amide bonds. The van der Waals surface area contributed by atoms with Gasteiger partial charge in [-0.05, 0) is 46.8 Å². The number of ether oxygens (including phenoxy) is 1. The summed E-state index contributed by atoms with van der Waals surface area (Å²) in [5.74, 6) is -0.684. The van der Waals surface area contributed by atoms with Gasteiger partial charge in [0, 0.05) is 17.9 Å². The Morgan fingerprint density at radius 3 is 2.44 bits per heavy atom. The number of aromatic nitrogens is 1.